The van der Waals surface area contributed by atoms with Gasteiger partial charge in [0.15, 0.2) is 0 Å². The van der Waals surface area contributed by atoms with Crippen molar-refractivity contribution in [2.24, 2.45) is 0 Å². The van der Waals surface area contributed by atoms with Crippen molar-refractivity contribution in [3.05, 3.63) is 0 Å². The molecule has 1 atom stereocenters. The molecule has 0 aliphatic carbocycles. The van der Waals surface area contributed by atoms with E-state index in [1.54, 1.807) is 0 Å². The summed E-state index contributed by atoms with van der Waals surface area (Å²) < 4.78 is 0. The average Bonchev–Trinajstić information content (AvgIpc) is 2.29. The van der Waals surface area contributed by atoms with Crippen LogP contribution in [0.1, 0.15) is 72.1 Å². The second-order valence-electron chi connectivity index (χ2n) is 4.42. The van der Waals surface area contributed by atoms with Crippen molar-refractivity contribution < 1.29 is 0 Å². The number of nitrogens with one attached hydrogen (secondary N) is 1. The average molecular weight is 223 g/mol. The van der Waals surface area contributed by atoms with E-state index in [9.17, 15) is 0 Å². The lowest BCUT2D eigenvalue weighted by Crippen LogP contribution is -2.28. The van der Waals surface area contributed by atoms with E-state index in [1.807, 2.05) is 6.92 Å². The molecule has 1 heteroatoms. The standard InChI is InChI=1S/C15H29N/c1-4-7-9-10-12-14-15(16-6-3)13-11-8-5-2/h15-16H,4,6-7,9-14H2,1-3H3. The van der Waals surface area contributed by atoms with Crippen LogP contribution in [0, 0.1) is 11.8 Å². The molecule has 1 N–H and O–H groups in total. The van der Waals surface area contributed by atoms with Crippen molar-refractivity contribution >= 4 is 0 Å². The second-order valence-corrected chi connectivity index (χ2v) is 4.42. The van der Waals surface area contributed by atoms with Crippen LogP contribution in [0.4, 0.5) is 0 Å². The molecule has 0 aliphatic rings. The molecular formula is C15H29N. The molecule has 0 fully saturated rings. The van der Waals surface area contributed by atoms with Crippen LogP contribution < -0.4 is 5.32 Å². The monoisotopic (exact) mass is 223 g/mol. The minimum absolute atomic E-state index is 0.687. The largest absolute Gasteiger partial charge is 0.314 e. The quantitative estimate of drug-likeness (QED) is 0.434. The molecule has 0 heterocycles. The predicted molar refractivity (Wildman–Crippen MR) is 73.5 cm³/mol. The first-order chi connectivity index (χ1) is 7.85. The van der Waals surface area contributed by atoms with Crippen molar-refractivity contribution in [3.63, 3.8) is 0 Å². The van der Waals surface area contributed by atoms with Crippen LogP contribution in [0.25, 0.3) is 0 Å². The summed E-state index contributed by atoms with van der Waals surface area (Å²) in [6, 6.07) is 0.687. The first kappa shape index (κ1) is 15.5. The van der Waals surface area contributed by atoms with Crippen LogP contribution in [0.2, 0.25) is 0 Å². The molecule has 94 valence electrons. The van der Waals surface area contributed by atoms with Gasteiger partial charge in [0.2, 0.25) is 0 Å². The van der Waals surface area contributed by atoms with E-state index >= 15 is 0 Å². The number of hydrogen-bond donors (Lipinski definition) is 1. The topological polar surface area (TPSA) is 12.0 Å². The molecule has 0 aromatic carbocycles. The molecule has 16 heavy (non-hydrogen) atoms. The summed E-state index contributed by atoms with van der Waals surface area (Å²) in [5.41, 5.74) is 0. The Morgan fingerprint density at radius 1 is 1.00 bits per heavy atom. The van der Waals surface area contributed by atoms with Gasteiger partial charge in [0.1, 0.15) is 0 Å². The summed E-state index contributed by atoms with van der Waals surface area (Å²) in [7, 11) is 0. The third kappa shape index (κ3) is 10.1. The van der Waals surface area contributed by atoms with Crippen LogP contribution in [-0.4, -0.2) is 12.6 Å². The number of unbranched alkanes of at least 4 members (excludes halogenated alkanes) is 4. The van der Waals surface area contributed by atoms with Crippen molar-refractivity contribution in [1.29, 1.82) is 0 Å². The fourth-order valence-corrected chi connectivity index (χ4v) is 2.00. The van der Waals surface area contributed by atoms with Crippen molar-refractivity contribution in [1.82, 2.24) is 5.32 Å². The maximum Gasteiger partial charge on any atom is 0.0103 e. The Kier molecular flexibility index (Phi) is 12.2. The zero-order chi connectivity index (χ0) is 12.1. The van der Waals surface area contributed by atoms with Gasteiger partial charge in [-0.25, -0.2) is 0 Å². The molecule has 0 rings (SSSR count). The van der Waals surface area contributed by atoms with E-state index in [0.29, 0.717) is 6.04 Å². The summed E-state index contributed by atoms with van der Waals surface area (Å²) >= 11 is 0. The van der Waals surface area contributed by atoms with Gasteiger partial charge in [-0.1, -0.05) is 46.0 Å². The highest BCUT2D eigenvalue weighted by Crippen LogP contribution is 2.10. The van der Waals surface area contributed by atoms with Gasteiger partial charge >= 0.3 is 0 Å². The lowest BCUT2D eigenvalue weighted by molar-refractivity contribution is 0.444. The minimum atomic E-state index is 0.687. The Morgan fingerprint density at radius 2 is 1.75 bits per heavy atom. The number of rotatable bonds is 10. The van der Waals surface area contributed by atoms with E-state index in [2.05, 4.69) is 31.0 Å². The van der Waals surface area contributed by atoms with Gasteiger partial charge in [-0.05, 0) is 26.3 Å². The molecule has 1 unspecified atom stereocenters. The third-order valence-corrected chi connectivity index (χ3v) is 2.94. The predicted octanol–water partition coefficient (Wildman–Crippen LogP) is 4.13. The van der Waals surface area contributed by atoms with E-state index in [-0.39, 0.29) is 0 Å². The van der Waals surface area contributed by atoms with E-state index in [4.69, 9.17) is 0 Å². The van der Waals surface area contributed by atoms with Crippen molar-refractivity contribution in [2.75, 3.05) is 6.54 Å². The Morgan fingerprint density at radius 3 is 2.38 bits per heavy atom. The Balaban J connectivity index is 3.53. The molecule has 0 amide bonds. The first-order valence-corrected chi connectivity index (χ1v) is 6.98. The van der Waals surface area contributed by atoms with Crippen LogP contribution in [-0.2, 0) is 0 Å². The highest BCUT2D eigenvalue weighted by molar-refractivity contribution is 4.95. The van der Waals surface area contributed by atoms with Gasteiger partial charge in [0, 0.05) is 12.5 Å². The highest BCUT2D eigenvalue weighted by Gasteiger charge is 2.05. The lowest BCUT2D eigenvalue weighted by atomic mass is 10.0. The molecular weight excluding hydrogens is 194 g/mol. The first-order valence-electron chi connectivity index (χ1n) is 6.98. The molecule has 0 saturated heterocycles. The van der Waals surface area contributed by atoms with E-state index < -0.39 is 0 Å². The van der Waals surface area contributed by atoms with Gasteiger partial charge in [-0.15, -0.1) is 11.8 Å². The van der Waals surface area contributed by atoms with Gasteiger partial charge in [-0.2, -0.15) is 0 Å². The fourth-order valence-electron chi connectivity index (χ4n) is 2.00. The molecule has 0 spiro atoms. The lowest BCUT2D eigenvalue weighted by Gasteiger charge is -2.16. The zero-order valence-electron chi connectivity index (χ0n) is 11.4. The van der Waals surface area contributed by atoms with E-state index in [0.717, 1.165) is 13.0 Å². The molecule has 0 bridgehead atoms. The minimum Gasteiger partial charge on any atom is -0.314 e. The maximum atomic E-state index is 3.56. The van der Waals surface area contributed by atoms with Crippen molar-refractivity contribution in [3.8, 4) is 11.8 Å². The smallest absolute Gasteiger partial charge is 0.0103 e. The molecule has 1 nitrogen and oxygen atoms in total. The van der Waals surface area contributed by atoms with Gasteiger partial charge in [0.25, 0.3) is 0 Å². The Hall–Kier alpha value is -0.480. The van der Waals surface area contributed by atoms with Crippen molar-refractivity contribution in [2.45, 2.75) is 78.2 Å². The Bertz CT molecular complexity index is 187. The molecule has 0 aliphatic heterocycles. The second kappa shape index (κ2) is 12.6. The molecule has 0 aromatic heterocycles. The number of hydrogen-bond acceptors (Lipinski definition) is 1. The molecule has 0 saturated carbocycles. The summed E-state index contributed by atoms with van der Waals surface area (Å²) in [4.78, 5) is 0. The normalized spacial score (nSPS) is 11.9. The zero-order valence-corrected chi connectivity index (χ0v) is 11.4. The highest BCUT2D eigenvalue weighted by atomic mass is 14.9. The summed E-state index contributed by atoms with van der Waals surface area (Å²) in [6.07, 6.45) is 10.5. The van der Waals surface area contributed by atoms with Gasteiger partial charge < -0.3 is 5.32 Å². The van der Waals surface area contributed by atoms with E-state index in [1.165, 1.54) is 44.9 Å². The maximum absolute atomic E-state index is 3.56. The molecule has 0 aromatic rings. The SMILES string of the molecule is CC#CCCC(CCCCCCC)NCC. The fraction of sp³-hybridized carbons (Fsp3) is 0.867. The van der Waals surface area contributed by atoms with Crippen LogP contribution in [0.3, 0.4) is 0 Å². The summed E-state index contributed by atoms with van der Waals surface area (Å²) in [6.45, 7) is 7.46. The third-order valence-electron chi connectivity index (χ3n) is 2.94. The molecule has 0 radical (unpaired) electrons. The van der Waals surface area contributed by atoms with Gasteiger partial charge in [-0.3, -0.25) is 0 Å². The Labute approximate surface area is 102 Å². The van der Waals surface area contributed by atoms with Crippen LogP contribution >= 0.6 is 0 Å². The van der Waals surface area contributed by atoms with Crippen LogP contribution in [0.5, 0.6) is 0 Å². The van der Waals surface area contributed by atoms with Gasteiger partial charge in [0.05, 0.1) is 0 Å². The summed E-state index contributed by atoms with van der Waals surface area (Å²) in [5, 5.41) is 3.56. The van der Waals surface area contributed by atoms with Crippen LogP contribution in [0.15, 0.2) is 0 Å². The summed E-state index contributed by atoms with van der Waals surface area (Å²) in [5.74, 6) is 6.13.